The van der Waals surface area contributed by atoms with Gasteiger partial charge in [0.05, 0.1) is 18.8 Å². The Morgan fingerprint density at radius 1 is 1.12 bits per heavy atom. The molecule has 4 nitrogen and oxygen atoms in total. The second-order valence-corrected chi connectivity index (χ2v) is 11.5. The highest BCUT2D eigenvalue weighted by molar-refractivity contribution is 5.85. The summed E-state index contributed by atoms with van der Waals surface area (Å²) in [5.74, 6) is 0.881. The lowest BCUT2D eigenvalue weighted by Crippen LogP contribution is -2.63. The van der Waals surface area contributed by atoms with Crippen LogP contribution in [-0.4, -0.2) is 29.9 Å². The lowest BCUT2D eigenvalue weighted by molar-refractivity contribution is -0.227. The van der Waals surface area contributed by atoms with Gasteiger partial charge < -0.3 is 14.6 Å². The summed E-state index contributed by atoms with van der Waals surface area (Å²) in [5.41, 5.74) is 0.523. The normalized spacial score (nSPS) is 44.1. The number of carbonyl (C=O) groups excluding carboxylic acids is 1. The van der Waals surface area contributed by atoms with Crippen molar-refractivity contribution in [3.8, 4) is 0 Å². The molecule has 1 aromatic carbocycles. The molecule has 0 heterocycles. The Hall–Kier alpha value is -1.23. The average Bonchev–Trinajstić information content (AvgIpc) is 3.14. The Morgan fingerprint density at radius 2 is 1.84 bits per heavy atom. The summed E-state index contributed by atoms with van der Waals surface area (Å²) >= 11 is 0. The largest absolute Gasteiger partial charge is 0.393 e. The van der Waals surface area contributed by atoms with E-state index in [-0.39, 0.29) is 41.0 Å². The van der Waals surface area contributed by atoms with E-state index < -0.39 is 6.10 Å². The minimum Gasteiger partial charge on any atom is -0.393 e. The van der Waals surface area contributed by atoms with Gasteiger partial charge in [0, 0.05) is 17.8 Å². The third-order valence-electron chi connectivity index (χ3n) is 10.1. The third kappa shape index (κ3) is 3.67. The highest BCUT2D eigenvalue weighted by Crippen LogP contribution is 2.68. The first-order chi connectivity index (χ1) is 15.2. The van der Waals surface area contributed by atoms with Crippen molar-refractivity contribution < 1.29 is 19.4 Å². The summed E-state index contributed by atoms with van der Waals surface area (Å²) in [6.45, 7) is 12.0. The van der Waals surface area contributed by atoms with Crippen LogP contribution < -0.4 is 0 Å². The van der Waals surface area contributed by atoms with E-state index in [9.17, 15) is 9.90 Å². The second-order valence-electron chi connectivity index (χ2n) is 11.5. The number of carbonyl (C=O) groups is 1. The number of rotatable bonds is 6. The van der Waals surface area contributed by atoms with Crippen LogP contribution in [0.5, 0.6) is 0 Å². The van der Waals surface area contributed by atoms with Gasteiger partial charge in [0.2, 0.25) is 0 Å². The Kier molecular flexibility index (Phi) is 6.61. The maximum Gasteiger partial charge on any atom is 0.147 e. The van der Waals surface area contributed by atoms with E-state index >= 15 is 0 Å². The van der Waals surface area contributed by atoms with E-state index in [4.69, 9.17) is 9.47 Å². The molecule has 0 spiro atoms. The summed E-state index contributed by atoms with van der Waals surface area (Å²) in [6.07, 6.45) is 4.73. The molecule has 1 N–H and O–H groups in total. The van der Waals surface area contributed by atoms with Crippen molar-refractivity contribution in [2.75, 3.05) is 6.79 Å². The number of hydrogen-bond donors (Lipinski definition) is 1. The van der Waals surface area contributed by atoms with Crippen LogP contribution in [0, 0.1) is 34.0 Å². The number of Topliss-reactive ketones (excluding diaryl/α,β-unsaturated/α-hetero) is 1. The van der Waals surface area contributed by atoms with Crippen LogP contribution in [0.2, 0.25) is 0 Å². The van der Waals surface area contributed by atoms with Gasteiger partial charge in [-0.25, -0.2) is 0 Å². The molecule has 3 aliphatic rings. The SMILES string of the molecule is CC[C@@]1(C)C[C@@H](O)[C@@]2(C)C3C(=O)CC[C@@]3(CC[C@H]2C)[C@H](C)[C@@H]1OCOCc1ccccc1. The van der Waals surface area contributed by atoms with Crippen LogP contribution >= 0.6 is 0 Å². The van der Waals surface area contributed by atoms with Gasteiger partial charge in [-0.1, -0.05) is 65.0 Å². The van der Waals surface area contributed by atoms with Crippen molar-refractivity contribution in [3.63, 3.8) is 0 Å². The van der Waals surface area contributed by atoms with Gasteiger partial charge >= 0.3 is 0 Å². The Morgan fingerprint density at radius 3 is 2.53 bits per heavy atom. The van der Waals surface area contributed by atoms with Crippen LogP contribution in [0.4, 0.5) is 0 Å². The van der Waals surface area contributed by atoms with Crippen LogP contribution in [0.3, 0.4) is 0 Å². The van der Waals surface area contributed by atoms with E-state index in [1.807, 2.05) is 18.2 Å². The molecule has 32 heavy (non-hydrogen) atoms. The van der Waals surface area contributed by atoms with Gasteiger partial charge in [-0.2, -0.15) is 0 Å². The molecule has 3 aliphatic carbocycles. The topological polar surface area (TPSA) is 55.8 Å². The summed E-state index contributed by atoms with van der Waals surface area (Å²) in [6, 6.07) is 10.2. The summed E-state index contributed by atoms with van der Waals surface area (Å²) < 4.78 is 12.5. The summed E-state index contributed by atoms with van der Waals surface area (Å²) in [7, 11) is 0. The van der Waals surface area contributed by atoms with Crippen molar-refractivity contribution in [3.05, 3.63) is 35.9 Å². The van der Waals surface area contributed by atoms with Gasteiger partial charge in [0.25, 0.3) is 0 Å². The predicted molar refractivity (Wildman–Crippen MR) is 126 cm³/mol. The molecule has 0 aliphatic heterocycles. The highest BCUT2D eigenvalue weighted by Gasteiger charge is 2.67. The zero-order chi connectivity index (χ0) is 23.1. The van der Waals surface area contributed by atoms with Crippen molar-refractivity contribution in [1.29, 1.82) is 0 Å². The van der Waals surface area contributed by atoms with Crippen LogP contribution in [0.25, 0.3) is 0 Å². The number of hydrogen-bond acceptors (Lipinski definition) is 4. The first-order valence-corrected chi connectivity index (χ1v) is 12.6. The second kappa shape index (κ2) is 8.85. The van der Waals surface area contributed by atoms with Crippen LogP contribution in [0.15, 0.2) is 30.3 Å². The minimum atomic E-state index is -0.502. The van der Waals surface area contributed by atoms with Crippen molar-refractivity contribution in [2.45, 2.75) is 92.0 Å². The molecular formula is C28H42O4. The molecule has 3 fully saturated rings. The van der Waals surface area contributed by atoms with E-state index in [0.29, 0.717) is 31.1 Å². The average molecular weight is 443 g/mol. The van der Waals surface area contributed by atoms with E-state index in [1.54, 1.807) is 0 Å². The minimum absolute atomic E-state index is 0.0516. The molecule has 0 aromatic heterocycles. The monoisotopic (exact) mass is 442 g/mol. The molecule has 1 aromatic rings. The lowest BCUT2D eigenvalue weighted by atomic mass is 9.43. The number of aliphatic hydroxyl groups is 1. The fraction of sp³-hybridized carbons (Fsp3) is 0.750. The van der Waals surface area contributed by atoms with Crippen LogP contribution in [0.1, 0.15) is 78.7 Å². The van der Waals surface area contributed by atoms with Gasteiger partial charge in [-0.3, -0.25) is 4.79 Å². The molecule has 0 radical (unpaired) electrons. The van der Waals surface area contributed by atoms with Crippen LogP contribution in [-0.2, 0) is 20.9 Å². The smallest absolute Gasteiger partial charge is 0.147 e. The van der Waals surface area contributed by atoms with Gasteiger partial charge in [-0.05, 0) is 60.3 Å². The number of ketones is 1. The van der Waals surface area contributed by atoms with Crippen molar-refractivity contribution in [1.82, 2.24) is 0 Å². The third-order valence-corrected chi connectivity index (χ3v) is 10.1. The van der Waals surface area contributed by atoms with Gasteiger partial charge in [0.15, 0.2) is 0 Å². The Bertz CT molecular complexity index is 809. The molecule has 4 heteroatoms. The quantitative estimate of drug-likeness (QED) is 0.449. The zero-order valence-electron chi connectivity index (χ0n) is 20.6. The number of aliphatic hydroxyl groups excluding tert-OH is 1. The lowest BCUT2D eigenvalue weighted by Gasteiger charge is -2.62. The Labute approximate surface area is 194 Å². The zero-order valence-corrected chi connectivity index (χ0v) is 20.6. The first kappa shape index (κ1) is 23.9. The van der Waals surface area contributed by atoms with E-state index in [0.717, 1.165) is 31.2 Å². The number of benzene rings is 1. The van der Waals surface area contributed by atoms with Gasteiger partial charge in [-0.15, -0.1) is 0 Å². The molecule has 1 unspecified atom stereocenters. The van der Waals surface area contributed by atoms with E-state index in [1.165, 1.54) is 0 Å². The molecular weight excluding hydrogens is 400 g/mol. The fourth-order valence-corrected chi connectivity index (χ4v) is 7.75. The molecule has 8 atom stereocenters. The Balaban J connectivity index is 1.62. The van der Waals surface area contributed by atoms with Crippen molar-refractivity contribution >= 4 is 5.78 Å². The maximum absolute atomic E-state index is 13.3. The summed E-state index contributed by atoms with van der Waals surface area (Å²) in [5, 5.41) is 11.7. The number of ether oxygens (including phenoxy) is 2. The fourth-order valence-electron chi connectivity index (χ4n) is 7.75. The first-order valence-electron chi connectivity index (χ1n) is 12.6. The molecule has 3 saturated carbocycles. The predicted octanol–water partition coefficient (Wildman–Crippen LogP) is 5.76. The summed E-state index contributed by atoms with van der Waals surface area (Å²) in [4.78, 5) is 13.3. The molecule has 4 rings (SSSR count). The standard InChI is InChI=1S/C28H42O4/c1-6-26(4)16-23(30)27(5)19(2)12-14-28(15-13-22(29)24(27)28)20(3)25(26)32-18-31-17-21-10-8-7-9-11-21/h7-11,19-20,23-25,30H,6,12-18H2,1-5H3/t19-,20-,23-,24?,25+,26+,27+,28+/m1/s1. The molecule has 0 amide bonds. The highest BCUT2D eigenvalue weighted by atomic mass is 16.7. The van der Waals surface area contributed by atoms with E-state index in [2.05, 4.69) is 46.8 Å². The molecule has 0 saturated heterocycles. The van der Waals surface area contributed by atoms with Gasteiger partial charge in [0.1, 0.15) is 12.6 Å². The van der Waals surface area contributed by atoms with Crippen molar-refractivity contribution in [2.24, 2.45) is 34.0 Å². The maximum atomic E-state index is 13.3. The molecule has 178 valence electrons. The molecule has 2 bridgehead atoms.